The molecule has 5 heteroatoms. The molecule has 2 rings (SSSR count). The minimum Gasteiger partial charge on any atom is -0.490 e. The van der Waals surface area contributed by atoms with Crippen molar-refractivity contribution >= 4 is 0 Å². The van der Waals surface area contributed by atoms with Crippen LogP contribution in [0, 0.1) is 6.92 Å². The van der Waals surface area contributed by atoms with E-state index >= 15 is 0 Å². The Hall–Kier alpha value is -2.27. The Morgan fingerprint density at radius 1 is 1.13 bits per heavy atom. The largest absolute Gasteiger partial charge is 0.490 e. The summed E-state index contributed by atoms with van der Waals surface area (Å²) in [7, 11) is 0. The third kappa shape index (κ3) is 5.14. The van der Waals surface area contributed by atoms with Gasteiger partial charge < -0.3 is 19.8 Å². The van der Waals surface area contributed by atoms with Crippen molar-refractivity contribution in [3.05, 3.63) is 58.5 Å². The van der Waals surface area contributed by atoms with Crippen molar-refractivity contribution < 1.29 is 9.47 Å². The van der Waals surface area contributed by atoms with Gasteiger partial charge in [-0.25, -0.2) is 0 Å². The molecule has 0 saturated heterocycles. The van der Waals surface area contributed by atoms with Crippen LogP contribution < -0.4 is 20.8 Å². The summed E-state index contributed by atoms with van der Waals surface area (Å²) in [6, 6.07) is 11.2. The van der Waals surface area contributed by atoms with Crippen LogP contribution in [0.1, 0.15) is 18.9 Å². The molecule has 5 nitrogen and oxygen atoms in total. The molecule has 0 radical (unpaired) electrons. The zero-order valence-corrected chi connectivity index (χ0v) is 13.7. The molecule has 124 valence electrons. The summed E-state index contributed by atoms with van der Waals surface area (Å²) in [5.74, 6) is 1.11. The summed E-state index contributed by atoms with van der Waals surface area (Å²) in [5.41, 5.74) is 6.92. The smallest absolute Gasteiger partial charge is 0.292 e. The van der Waals surface area contributed by atoms with Gasteiger partial charge in [-0.3, -0.25) is 4.79 Å². The standard InChI is InChI=1S/C18H24N2O3/c1-3-15(19)13-20-10-4-5-17(18(20)21)23-12-11-22-16-8-6-14(2)7-9-16/h4-10,15H,3,11-13,19H2,1-2H3. The topological polar surface area (TPSA) is 66.5 Å². The number of aryl methyl sites for hydroxylation is 1. The second-order valence-corrected chi connectivity index (χ2v) is 5.51. The lowest BCUT2D eigenvalue weighted by Gasteiger charge is -2.13. The number of pyridine rings is 1. The molecule has 2 N–H and O–H groups in total. The van der Waals surface area contributed by atoms with Crippen LogP contribution >= 0.6 is 0 Å². The molecule has 1 atom stereocenters. The lowest BCUT2D eigenvalue weighted by Crippen LogP contribution is -2.31. The van der Waals surface area contributed by atoms with Gasteiger partial charge in [-0.2, -0.15) is 0 Å². The number of aromatic nitrogens is 1. The number of ether oxygens (including phenoxy) is 2. The first-order chi connectivity index (χ1) is 11.1. The van der Waals surface area contributed by atoms with Crippen LogP contribution in [0.5, 0.6) is 11.5 Å². The van der Waals surface area contributed by atoms with Crippen molar-refractivity contribution in [3.63, 3.8) is 0 Å². The molecule has 1 aromatic carbocycles. The molecule has 23 heavy (non-hydrogen) atoms. The van der Waals surface area contributed by atoms with Gasteiger partial charge in [0.05, 0.1) is 0 Å². The van der Waals surface area contributed by atoms with Crippen molar-refractivity contribution in [2.45, 2.75) is 32.9 Å². The van der Waals surface area contributed by atoms with Crippen molar-refractivity contribution in [1.82, 2.24) is 4.57 Å². The molecule has 0 aliphatic carbocycles. The summed E-state index contributed by atoms with van der Waals surface area (Å²) in [4.78, 5) is 12.3. The fourth-order valence-electron chi connectivity index (χ4n) is 2.10. The first-order valence-electron chi connectivity index (χ1n) is 7.87. The van der Waals surface area contributed by atoms with E-state index < -0.39 is 0 Å². The molecule has 0 aliphatic heterocycles. The number of hydrogen-bond donors (Lipinski definition) is 1. The molecule has 0 amide bonds. The van der Waals surface area contributed by atoms with Crippen molar-refractivity contribution in [2.24, 2.45) is 5.73 Å². The Labute approximate surface area is 136 Å². The highest BCUT2D eigenvalue weighted by atomic mass is 16.5. The van der Waals surface area contributed by atoms with Crippen LogP contribution in [-0.2, 0) is 6.54 Å². The van der Waals surface area contributed by atoms with Gasteiger partial charge in [0.2, 0.25) is 0 Å². The summed E-state index contributed by atoms with van der Waals surface area (Å²) < 4.78 is 12.7. The Kier molecular flexibility index (Phi) is 6.23. The SMILES string of the molecule is CCC(N)Cn1cccc(OCCOc2ccc(C)cc2)c1=O. The van der Waals surface area contributed by atoms with Crippen molar-refractivity contribution in [2.75, 3.05) is 13.2 Å². The van der Waals surface area contributed by atoms with E-state index in [2.05, 4.69) is 0 Å². The third-order valence-electron chi connectivity index (χ3n) is 3.57. The predicted molar refractivity (Wildman–Crippen MR) is 91.1 cm³/mol. The Morgan fingerprint density at radius 2 is 1.83 bits per heavy atom. The minimum absolute atomic E-state index is 0.0344. The van der Waals surface area contributed by atoms with Crippen LogP contribution in [-0.4, -0.2) is 23.8 Å². The number of nitrogens with zero attached hydrogens (tertiary/aromatic N) is 1. The normalized spacial score (nSPS) is 12.0. The fraction of sp³-hybridized carbons (Fsp3) is 0.389. The van der Waals surface area contributed by atoms with E-state index in [0.717, 1.165) is 12.2 Å². The highest BCUT2D eigenvalue weighted by Crippen LogP contribution is 2.11. The zero-order valence-electron chi connectivity index (χ0n) is 13.7. The van der Waals surface area contributed by atoms with Crippen LogP contribution in [0.15, 0.2) is 47.4 Å². The summed E-state index contributed by atoms with van der Waals surface area (Å²) >= 11 is 0. The lowest BCUT2D eigenvalue weighted by molar-refractivity contribution is 0.214. The molecular formula is C18H24N2O3. The second-order valence-electron chi connectivity index (χ2n) is 5.51. The van der Waals surface area contributed by atoms with Crippen LogP contribution in [0.2, 0.25) is 0 Å². The molecule has 0 aliphatic rings. The molecule has 0 bridgehead atoms. The van der Waals surface area contributed by atoms with E-state index in [9.17, 15) is 4.79 Å². The quantitative estimate of drug-likeness (QED) is 0.759. The predicted octanol–water partition coefficient (Wildman–Crippen LogP) is 2.35. The Morgan fingerprint density at radius 3 is 2.52 bits per heavy atom. The second kappa shape index (κ2) is 8.39. The monoisotopic (exact) mass is 316 g/mol. The van der Waals surface area contributed by atoms with E-state index in [4.69, 9.17) is 15.2 Å². The van der Waals surface area contributed by atoms with Gasteiger partial charge in [-0.15, -0.1) is 0 Å². The molecule has 1 unspecified atom stereocenters. The Balaban J connectivity index is 1.87. The number of hydrogen-bond acceptors (Lipinski definition) is 4. The van der Waals surface area contributed by atoms with Gasteiger partial charge in [-0.1, -0.05) is 24.6 Å². The average molecular weight is 316 g/mol. The Bertz CT molecular complexity index is 665. The molecule has 1 heterocycles. The number of nitrogens with two attached hydrogens (primary N) is 1. The first-order valence-corrected chi connectivity index (χ1v) is 7.87. The first kappa shape index (κ1) is 17.1. The van der Waals surface area contributed by atoms with Gasteiger partial charge in [0.15, 0.2) is 5.75 Å². The summed E-state index contributed by atoms with van der Waals surface area (Å²) in [5, 5.41) is 0. The van der Waals surface area contributed by atoms with E-state index in [0.29, 0.717) is 25.5 Å². The van der Waals surface area contributed by atoms with Crippen molar-refractivity contribution in [1.29, 1.82) is 0 Å². The maximum atomic E-state index is 12.3. The third-order valence-corrected chi connectivity index (χ3v) is 3.57. The van der Waals surface area contributed by atoms with Crippen LogP contribution in [0.4, 0.5) is 0 Å². The highest BCUT2D eigenvalue weighted by Gasteiger charge is 2.07. The zero-order chi connectivity index (χ0) is 16.7. The summed E-state index contributed by atoms with van der Waals surface area (Å²) in [6.07, 6.45) is 2.55. The lowest BCUT2D eigenvalue weighted by atomic mass is 10.2. The fourth-order valence-corrected chi connectivity index (χ4v) is 2.10. The van der Waals surface area contributed by atoms with Gasteiger partial charge in [0.1, 0.15) is 19.0 Å². The van der Waals surface area contributed by atoms with Gasteiger partial charge in [-0.05, 0) is 37.6 Å². The van der Waals surface area contributed by atoms with Crippen LogP contribution in [0.25, 0.3) is 0 Å². The van der Waals surface area contributed by atoms with E-state index in [1.807, 2.05) is 38.1 Å². The number of rotatable bonds is 8. The maximum Gasteiger partial charge on any atom is 0.292 e. The van der Waals surface area contributed by atoms with Gasteiger partial charge in [0, 0.05) is 18.8 Å². The molecule has 0 fully saturated rings. The van der Waals surface area contributed by atoms with E-state index in [-0.39, 0.29) is 11.6 Å². The maximum absolute atomic E-state index is 12.3. The minimum atomic E-state index is -0.160. The molecule has 2 aromatic rings. The highest BCUT2D eigenvalue weighted by molar-refractivity contribution is 5.26. The van der Waals surface area contributed by atoms with Gasteiger partial charge >= 0.3 is 0 Å². The summed E-state index contributed by atoms with van der Waals surface area (Å²) in [6.45, 7) is 5.21. The van der Waals surface area contributed by atoms with Gasteiger partial charge in [0.25, 0.3) is 5.56 Å². The van der Waals surface area contributed by atoms with E-state index in [1.165, 1.54) is 5.56 Å². The molecule has 1 aromatic heterocycles. The number of benzene rings is 1. The molecule has 0 spiro atoms. The van der Waals surface area contributed by atoms with Crippen molar-refractivity contribution in [3.8, 4) is 11.5 Å². The van der Waals surface area contributed by atoms with E-state index in [1.54, 1.807) is 22.9 Å². The average Bonchev–Trinajstić information content (AvgIpc) is 2.56. The molecular weight excluding hydrogens is 292 g/mol. The molecule has 0 saturated carbocycles. The van der Waals surface area contributed by atoms with Crippen LogP contribution in [0.3, 0.4) is 0 Å².